The summed E-state index contributed by atoms with van der Waals surface area (Å²) in [6.45, 7) is 4.28. The zero-order valence-electron chi connectivity index (χ0n) is 12.8. The summed E-state index contributed by atoms with van der Waals surface area (Å²) in [5.41, 5.74) is 0. The number of piperidine rings is 1. The minimum Gasteiger partial charge on any atom is -0.497 e. The summed E-state index contributed by atoms with van der Waals surface area (Å²) in [7, 11) is 1.65. The molecular weight excluding hydrogens is 268 g/mol. The average Bonchev–Trinajstić information content (AvgIpc) is 2.54. The normalized spacial score (nSPS) is 15.6. The molecule has 21 heavy (non-hydrogen) atoms. The molecule has 0 aliphatic carbocycles. The van der Waals surface area contributed by atoms with E-state index in [9.17, 15) is 4.79 Å². The van der Waals surface area contributed by atoms with Gasteiger partial charge in [-0.3, -0.25) is 0 Å². The lowest BCUT2D eigenvalue weighted by Gasteiger charge is -2.32. The van der Waals surface area contributed by atoms with Crippen LogP contribution in [0.25, 0.3) is 0 Å². The van der Waals surface area contributed by atoms with E-state index in [0.29, 0.717) is 0 Å². The molecular formula is C16H24N2O3. The Morgan fingerprint density at radius 1 is 1.24 bits per heavy atom. The van der Waals surface area contributed by atoms with Gasteiger partial charge in [0.05, 0.1) is 7.11 Å². The van der Waals surface area contributed by atoms with Crippen molar-refractivity contribution in [3.8, 4) is 11.5 Å². The van der Waals surface area contributed by atoms with Crippen molar-refractivity contribution >= 4 is 6.03 Å². The highest BCUT2D eigenvalue weighted by molar-refractivity contribution is 5.74. The van der Waals surface area contributed by atoms with Crippen molar-refractivity contribution in [2.75, 3.05) is 26.7 Å². The Morgan fingerprint density at radius 2 is 1.86 bits per heavy atom. The van der Waals surface area contributed by atoms with Crippen molar-refractivity contribution < 1.29 is 14.3 Å². The molecule has 1 aromatic carbocycles. The van der Waals surface area contributed by atoms with Crippen molar-refractivity contribution in [1.82, 2.24) is 10.2 Å². The molecule has 5 nitrogen and oxygen atoms in total. The van der Waals surface area contributed by atoms with Gasteiger partial charge in [-0.25, -0.2) is 4.79 Å². The van der Waals surface area contributed by atoms with Gasteiger partial charge in [0.15, 0.2) is 0 Å². The lowest BCUT2D eigenvalue weighted by molar-refractivity contribution is 0.111. The second-order valence-corrected chi connectivity index (χ2v) is 5.21. The van der Waals surface area contributed by atoms with Crippen molar-refractivity contribution in [2.24, 2.45) is 0 Å². The third-order valence-electron chi connectivity index (χ3n) is 3.62. The molecule has 1 N–H and O–H groups in total. The maximum atomic E-state index is 11.9. The van der Waals surface area contributed by atoms with E-state index in [1.54, 1.807) is 7.11 Å². The number of rotatable bonds is 5. The van der Waals surface area contributed by atoms with E-state index in [2.05, 4.69) is 12.2 Å². The summed E-state index contributed by atoms with van der Waals surface area (Å²) < 4.78 is 11.1. The molecule has 0 bridgehead atoms. The maximum absolute atomic E-state index is 11.9. The van der Waals surface area contributed by atoms with Crippen LogP contribution >= 0.6 is 0 Å². The largest absolute Gasteiger partial charge is 0.497 e. The summed E-state index contributed by atoms with van der Waals surface area (Å²) in [6.07, 6.45) is 2.87. The number of methoxy groups -OCH3 is 1. The van der Waals surface area contributed by atoms with E-state index in [4.69, 9.17) is 9.47 Å². The van der Waals surface area contributed by atoms with Crippen molar-refractivity contribution in [3.05, 3.63) is 24.3 Å². The molecule has 0 unspecified atom stereocenters. The van der Waals surface area contributed by atoms with E-state index in [1.807, 2.05) is 29.2 Å². The van der Waals surface area contributed by atoms with Gasteiger partial charge in [0.2, 0.25) is 0 Å². The van der Waals surface area contributed by atoms with Crippen LogP contribution in [-0.2, 0) is 0 Å². The summed E-state index contributed by atoms with van der Waals surface area (Å²) in [4.78, 5) is 13.7. The molecule has 2 rings (SSSR count). The van der Waals surface area contributed by atoms with Crippen LogP contribution in [0.15, 0.2) is 24.3 Å². The van der Waals surface area contributed by atoms with Gasteiger partial charge >= 0.3 is 6.03 Å². The molecule has 0 radical (unpaired) electrons. The molecule has 1 heterocycles. The number of nitrogens with zero attached hydrogens (tertiary/aromatic N) is 1. The molecule has 0 saturated carbocycles. The van der Waals surface area contributed by atoms with Gasteiger partial charge in [-0.2, -0.15) is 0 Å². The van der Waals surface area contributed by atoms with E-state index in [-0.39, 0.29) is 12.1 Å². The number of amides is 2. The van der Waals surface area contributed by atoms with Crippen molar-refractivity contribution in [3.63, 3.8) is 0 Å². The Balaban J connectivity index is 1.76. The number of hydrogen-bond donors (Lipinski definition) is 1. The van der Waals surface area contributed by atoms with Gasteiger partial charge in [0.25, 0.3) is 0 Å². The number of ether oxygens (including phenoxy) is 2. The predicted octanol–water partition coefficient (Wildman–Crippen LogP) is 2.66. The summed E-state index contributed by atoms with van der Waals surface area (Å²) >= 11 is 0. The minimum absolute atomic E-state index is 0.0414. The Morgan fingerprint density at radius 3 is 2.43 bits per heavy atom. The number of urea groups is 1. The van der Waals surface area contributed by atoms with E-state index < -0.39 is 0 Å². The molecule has 0 atom stereocenters. The van der Waals surface area contributed by atoms with Crippen molar-refractivity contribution in [2.45, 2.75) is 32.3 Å². The fourth-order valence-electron chi connectivity index (χ4n) is 2.37. The standard InChI is InChI=1S/C16H24N2O3/c1-3-10-17-16(19)18-11-8-15(9-12-18)21-14-6-4-13(20-2)5-7-14/h4-7,15H,3,8-12H2,1-2H3,(H,17,19). The molecule has 0 spiro atoms. The van der Waals surface area contributed by atoms with Crippen LogP contribution in [0.1, 0.15) is 26.2 Å². The highest BCUT2D eigenvalue weighted by Crippen LogP contribution is 2.21. The van der Waals surface area contributed by atoms with Crippen LogP contribution in [0.3, 0.4) is 0 Å². The highest BCUT2D eigenvalue weighted by atomic mass is 16.5. The van der Waals surface area contributed by atoms with Crippen LogP contribution < -0.4 is 14.8 Å². The number of nitrogens with one attached hydrogen (secondary N) is 1. The fourth-order valence-corrected chi connectivity index (χ4v) is 2.37. The second-order valence-electron chi connectivity index (χ2n) is 5.21. The highest BCUT2D eigenvalue weighted by Gasteiger charge is 2.23. The fraction of sp³-hybridized carbons (Fsp3) is 0.562. The van der Waals surface area contributed by atoms with Gasteiger partial charge in [-0.15, -0.1) is 0 Å². The van der Waals surface area contributed by atoms with E-state index in [0.717, 1.165) is 50.4 Å². The lowest BCUT2D eigenvalue weighted by atomic mass is 10.1. The number of benzene rings is 1. The molecule has 1 saturated heterocycles. The molecule has 1 aliphatic rings. The smallest absolute Gasteiger partial charge is 0.317 e. The minimum atomic E-state index is 0.0414. The SMILES string of the molecule is CCCNC(=O)N1CCC(Oc2ccc(OC)cc2)CC1. The van der Waals surface area contributed by atoms with Crippen molar-refractivity contribution in [1.29, 1.82) is 0 Å². The Hall–Kier alpha value is -1.91. The zero-order valence-corrected chi connectivity index (χ0v) is 12.8. The van der Waals surface area contributed by atoms with Gasteiger partial charge in [-0.05, 0) is 30.7 Å². The monoisotopic (exact) mass is 292 g/mol. The summed E-state index contributed by atoms with van der Waals surface area (Å²) in [5.74, 6) is 1.68. The molecule has 1 fully saturated rings. The van der Waals surface area contributed by atoms with Crippen LogP contribution in [-0.4, -0.2) is 43.8 Å². The quantitative estimate of drug-likeness (QED) is 0.907. The van der Waals surface area contributed by atoms with Crippen LogP contribution in [0.4, 0.5) is 4.79 Å². The molecule has 5 heteroatoms. The van der Waals surface area contributed by atoms with Gasteiger partial charge in [0.1, 0.15) is 17.6 Å². The van der Waals surface area contributed by atoms with E-state index in [1.165, 1.54) is 0 Å². The van der Waals surface area contributed by atoms with Gasteiger partial charge < -0.3 is 19.7 Å². The number of carbonyl (C=O) groups is 1. The third-order valence-corrected chi connectivity index (χ3v) is 3.62. The first-order valence-corrected chi connectivity index (χ1v) is 7.56. The summed E-state index contributed by atoms with van der Waals surface area (Å²) in [6, 6.07) is 7.66. The third kappa shape index (κ3) is 4.55. The van der Waals surface area contributed by atoms with Crippen LogP contribution in [0.2, 0.25) is 0 Å². The number of likely N-dealkylation sites (tertiary alicyclic amines) is 1. The molecule has 0 aromatic heterocycles. The molecule has 1 aliphatic heterocycles. The first kappa shape index (κ1) is 15.5. The second kappa shape index (κ2) is 7.76. The molecule has 116 valence electrons. The van der Waals surface area contributed by atoms with E-state index >= 15 is 0 Å². The summed E-state index contributed by atoms with van der Waals surface area (Å²) in [5, 5.41) is 2.91. The Bertz CT molecular complexity index is 439. The first-order chi connectivity index (χ1) is 10.2. The first-order valence-electron chi connectivity index (χ1n) is 7.56. The Kier molecular flexibility index (Phi) is 5.72. The number of hydrogen-bond acceptors (Lipinski definition) is 3. The zero-order chi connectivity index (χ0) is 15.1. The topological polar surface area (TPSA) is 50.8 Å². The lowest BCUT2D eigenvalue weighted by Crippen LogP contribution is -2.46. The van der Waals surface area contributed by atoms with Crippen LogP contribution in [0.5, 0.6) is 11.5 Å². The number of carbonyl (C=O) groups excluding carboxylic acids is 1. The van der Waals surface area contributed by atoms with Crippen LogP contribution in [0, 0.1) is 0 Å². The maximum Gasteiger partial charge on any atom is 0.317 e. The van der Waals surface area contributed by atoms with Gasteiger partial charge in [0, 0.05) is 32.5 Å². The molecule has 1 aromatic rings. The molecule has 2 amide bonds. The van der Waals surface area contributed by atoms with Gasteiger partial charge in [-0.1, -0.05) is 6.92 Å². The predicted molar refractivity (Wildman–Crippen MR) is 81.9 cm³/mol. The average molecular weight is 292 g/mol. The Labute approximate surface area is 126 Å².